The largest absolute Gasteiger partial charge is 0.433 e. The minimum atomic E-state index is -1.36. The van der Waals surface area contributed by atoms with Crippen molar-refractivity contribution in [3.63, 3.8) is 0 Å². The molecule has 12 nitrogen and oxygen atoms in total. The summed E-state index contributed by atoms with van der Waals surface area (Å²) in [6, 6.07) is 16.4. The van der Waals surface area contributed by atoms with Crippen LogP contribution >= 0.6 is 0 Å². The third-order valence-electron chi connectivity index (χ3n) is 10.3. The lowest BCUT2D eigenvalue weighted by Gasteiger charge is -2.36. The number of hydrogen-bond acceptors (Lipinski definition) is 7. The van der Waals surface area contributed by atoms with Crippen LogP contribution in [0.4, 0.5) is 4.79 Å². The van der Waals surface area contributed by atoms with Crippen LogP contribution in [-0.2, 0) is 14.3 Å². The van der Waals surface area contributed by atoms with Gasteiger partial charge in [0.15, 0.2) is 5.60 Å². The number of aromatic amines is 2. The van der Waals surface area contributed by atoms with Crippen LogP contribution in [0.1, 0.15) is 84.0 Å². The zero-order chi connectivity index (χ0) is 36.3. The van der Waals surface area contributed by atoms with Crippen molar-refractivity contribution in [3.8, 4) is 33.6 Å². The van der Waals surface area contributed by atoms with E-state index in [2.05, 4.69) is 87.6 Å². The molecule has 0 saturated carbocycles. The van der Waals surface area contributed by atoms with E-state index < -0.39 is 11.7 Å². The van der Waals surface area contributed by atoms with E-state index in [0.29, 0.717) is 24.8 Å². The van der Waals surface area contributed by atoms with Crippen LogP contribution in [0.15, 0.2) is 60.9 Å². The molecule has 4 heterocycles. The third kappa shape index (κ3) is 7.70. The minimum Gasteiger partial charge on any atom is -0.433 e. The number of nitrogens with one attached hydrogen (secondary N) is 3. The maximum Gasteiger partial charge on any atom is 0.405 e. The zero-order valence-corrected chi connectivity index (χ0v) is 30.2. The normalized spacial score (nSPS) is 18.8. The molecule has 2 fully saturated rings. The fourth-order valence-electron chi connectivity index (χ4n) is 7.11. The van der Waals surface area contributed by atoms with Gasteiger partial charge in [-0.1, -0.05) is 76.2 Å². The van der Waals surface area contributed by atoms with E-state index >= 15 is 0 Å². The Morgan fingerprint density at radius 3 is 1.76 bits per heavy atom. The maximum atomic E-state index is 13.6. The first-order chi connectivity index (χ1) is 24.4. The summed E-state index contributed by atoms with van der Waals surface area (Å²) in [6.07, 6.45) is 6.14. The topological polar surface area (TPSA) is 162 Å². The second-order valence-electron chi connectivity index (χ2n) is 14.6. The monoisotopic (exact) mass is 694 g/mol. The summed E-state index contributed by atoms with van der Waals surface area (Å²) in [7, 11) is 0. The van der Waals surface area contributed by atoms with Crippen LogP contribution in [0.5, 0.6) is 0 Å². The summed E-state index contributed by atoms with van der Waals surface area (Å²) in [6.45, 7) is 12.1. The van der Waals surface area contributed by atoms with Crippen molar-refractivity contribution in [1.82, 2.24) is 35.1 Å². The number of nitrogens with two attached hydrogens (primary N) is 1. The molecular formula is C39H50N8O4. The molecule has 0 radical (unpaired) electrons. The first-order valence-electron chi connectivity index (χ1n) is 18.0. The van der Waals surface area contributed by atoms with Crippen molar-refractivity contribution < 1.29 is 19.1 Å². The second-order valence-corrected chi connectivity index (χ2v) is 14.6. The van der Waals surface area contributed by atoms with Crippen molar-refractivity contribution in [2.75, 3.05) is 26.2 Å². The Morgan fingerprint density at radius 1 is 0.824 bits per heavy atom. The molecule has 6 rings (SSSR count). The Labute approximate surface area is 299 Å². The lowest BCUT2D eigenvalue weighted by Crippen LogP contribution is -2.53. The van der Waals surface area contributed by atoms with Crippen molar-refractivity contribution in [2.24, 2.45) is 17.6 Å². The van der Waals surface area contributed by atoms with E-state index in [1.54, 1.807) is 18.0 Å². The zero-order valence-electron chi connectivity index (χ0n) is 30.2. The molecule has 0 aliphatic carbocycles. The summed E-state index contributed by atoms with van der Waals surface area (Å²) >= 11 is 0. The van der Waals surface area contributed by atoms with Crippen molar-refractivity contribution in [3.05, 3.63) is 72.6 Å². The third-order valence-corrected chi connectivity index (χ3v) is 10.3. The van der Waals surface area contributed by atoms with Crippen LogP contribution in [0, 0.1) is 11.8 Å². The molecule has 2 aromatic heterocycles. The molecule has 5 N–H and O–H groups in total. The van der Waals surface area contributed by atoms with Crippen LogP contribution in [0.2, 0.25) is 0 Å². The predicted octanol–water partition coefficient (Wildman–Crippen LogP) is 6.22. The van der Waals surface area contributed by atoms with Crippen LogP contribution < -0.4 is 11.1 Å². The molecule has 0 unspecified atom stereocenters. The van der Waals surface area contributed by atoms with Crippen LogP contribution in [0.3, 0.4) is 0 Å². The number of hydrogen-bond donors (Lipinski definition) is 4. The minimum absolute atomic E-state index is 0.0287. The van der Waals surface area contributed by atoms with Gasteiger partial charge in [-0.2, -0.15) is 0 Å². The van der Waals surface area contributed by atoms with Gasteiger partial charge in [0.05, 0.1) is 42.4 Å². The summed E-state index contributed by atoms with van der Waals surface area (Å²) in [4.78, 5) is 58.2. The number of imidazole rings is 2. The van der Waals surface area contributed by atoms with Gasteiger partial charge in [0.25, 0.3) is 5.91 Å². The average Bonchev–Trinajstić information content (AvgIpc) is 3.94. The molecule has 4 aromatic rings. The Balaban J connectivity index is 1.10. The number of primary amides is 1. The highest BCUT2D eigenvalue weighted by atomic mass is 16.6. The molecule has 0 bridgehead atoms. The van der Waals surface area contributed by atoms with Gasteiger partial charge in [0.1, 0.15) is 11.6 Å². The van der Waals surface area contributed by atoms with Crippen LogP contribution in [0.25, 0.3) is 33.6 Å². The standard InChI is InChI=1S/C39H50N8O4/c1-24(2)20-41-23-34(48)46-18-6-8-32(46)35-42-21-30(44-35)28-14-10-26(11-15-28)27-12-16-29(17-13-27)31-22-43-36(45-31)33-9-7-19-47(33)37(49)39(5,25(3)4)51-38(40)50/h10-17,21-22,24-25,32-33,41H,6-9,18-20,23H2,1-5H3,(H2,40,50)(H,42,44)(H,43,45)/t32-,33-,39-/m0/s1. The van der Waals surface area contributed by atoms with Crippen LogP contribution in [-0.4, -0.2) is 79.4 Å². The van der Waals surface area contributed by atoms with E-state index in [-0.39, 0.29) is 29.8 Å². The van der Waals surface area contributed by atoms with Crippen molar-refractivity contribution in [2.45, 2.75) is 78.0 Å². The van der Waals surface area contributed by atoms with Gasteiger partial charge in [0, 0.05) is 19.0 Å². The Morgan fingerprint density at radius 2 is 1.29 bits per heavy atom. The number of amides is 3. The summed E-state index contributed by atoms with van der Waals surface area (Å²) in [5.74, 6) is 1.63. The SMILES string of the molecule is CC(C)CNCC(=O)N1CCC[C@H]1c1ncc(-c2ccc(-c3ccc(-c4cnc([C@@H]5CCCN5C(=O)[C@@](C)(OC(N)=O)C(C)C)[nH]4)cc3)cc2)[nH]1. The van der Waals surface area contributed by atoms with Gasteiger partial charge in [-0.25, -0.2) is 14.8 Å². The second kappa shape index (κ2) is 15.1. The van der Waals surface area contributed by atoms with E-state index in [1.807, 2.05) is 24.9 Å². The number of ether oxygens (including phenoxy) is 1. The molecule has 12 heteroatoms. The quantitative estimate of drug-likeness (QED) is 0.137. The summed E-state index contributed by atoms with van der Waals surface area (Å²) in [5.41, 5.74) is 9.93. The highest BCUT2D eigenvalue weighted by Gasteiger charge is 2.47. The number of nitrogens with zero attached hydrogens (tertiary/aromatic N) is 4. The van der Waals surface area contributed by atoms with E-state index in [4.69, 9.17) is 10.5 Å². The van der Waals surface area contributed by atoms with Crippen molar-refractivity contribution >= 4 is 17.9 Å². The van der Waals surface area contributed by atoms with E-state index in [9.17, 15) is 14.4 Å². The number of benzene rings is 2. The molecule has 270 valence electrons. The lowest BCUT2D eigenvalue weighted by molar-refractivity contribution is -0.155. The number of aromatic nitrogens is 4. The predicted molar refractivity (Wildman–Crippen MR) is 196 cm³/mol. The highest BCUT2D eigenvalue weighted by molar-refractivity contribution is 5.88. The van der Waals surface area contributed by atoms with E-state index in [0.717, 1.165) is 78.2 Å². The van der Waals surface area contributed by atoms with Crippen molar-refractivity contribution in [1.29, 1.82) is 0 Å². The fraction of sp³-hybridized carbons (Fsp3) is 0.462. The Bertz CT molecular complexity index is 1830. The van der Waals surface area contributed by atoms with Gasteiger partial charge in [-0.15, -0.1) is 0 Å². The number of likely N-dealkylation sites (tertiary alicyclic amines) is 2. The Hall–Kier alpha value is -4.97. The number of carbonyl (C=O) groups excluding carboxylic acids is 3. The van der Waals surface area contributed by atoms with Gasteiger partial charge in [-0.05, 0) is 67.3 Å². The summed E-state index contributed by atoms with van der Waals surface area (Å²) < 4.78 is 5.35. The molecule has 0 spiro atoms. The van der Waals surface area contributed by atoms with Gasteiger partial charge >= 0.3 is 6.09 Å². The summed E-state index contributed by atoms with van der Waals surface area (Å²) in [5, 5.41) is 3.27. The molecular weight excluding hydrogens is 644 g/mol. The maximum absolute atomic E-state index is 13.6. The highest BCUT2D eigenvalue weighted by Crippen LogP contribution is 2.37. The van der Waals surface area contributed by atoms with E-state index in [1.165, 1.54) is 0 Å². The molecule has 51 heavy (non-hydrogen) atoms. The van der Waals surface area contributed by atoms with Gasteiger partial charge < -0.3 is 35.6 Å². The molecule has 2 aromatic carbocycles. The first-order valence-corrected chi connectivity index (χ1v) is 18.0. The number of H-pyrrole nitrogens is 2. The average molecular weight is 695 g/mol. The molecule has 2 aliphatic heterocycles. The molecule has 2 saturated heterocycles. The molecule has 3 atom stereocenters. The fourth-order valence-corrected chi connectivity index (χ4v) is 7.11. The smallest absolute Gasteiger partial charge is 0.405 e. The van der Waals surface area contributed by atoms with Gasteiger partial charge in [-0.3, -0.25) is 9.59 Å². The molecule has 3 amide bonds. The molecule has 2 aliphatic rings. The number of rotatable bonds is 12. The Kier molecular flexibility index (Phi) is 10.6. The number of carbonyl (C=O) groups is 3. The van der Waals surface area contributed by atoms with Gasteiger partial charge in [0.2, 0.25) is 5.91 Å². The lowest BCUT2D eigenvalue weighted by atomic mass is 9.90. The first kappa shape index (κ1) is 35.8.